The highest BCUT2D eigenvalue weighted by atomic mass is 35.5. The number of rotatable bonds is 6. The lowest BCUT2D eigenvalue weighted by Gasteiger charge is -2.52. The molecule has 1 aromatic heterocycles. The Morgan fingerprint density at radius 1 is 1.00 bits per heavy atom. The van der Waals surface area contributed by atoms with Gasteiger partial charge in [-0.3, -0.25) is 14.5 Å². The highest BCUT2D eigenvalue weighted by Gasteiger charge is 2.65. The number of hydrogen-bond acceptors (Lipinski definition) is 9. The monoisotopic (exact) mass is 648 g/mol. The lowest BCUT2D eigenvalue weighted by atomic mass is 9.86. The largest absolute Gasteiger partial charge is 0.318 e. The maximum atomic E-state index is 14.6. The number of amides is 1. The van der Waals surface area contributed by atoms with E-state index in [1.54, 1.807) is 30.1 Å². The fourth-order valence-electron chi connectivity index (χ4n) is 6.93. The first-order chi connectivity index (χ1) is 20.3. The standard InChI is InChI=1S/C28H33ClN6O6S2/c1-19(36)26(30)28-18-33(16-24(37)34(28)17-27(32(28)2)10-12-31-13-11-27)43(40,41)25-15-20-14-21(29)8-9-23(20)35(25)42(38,39)22-6-4-3-5-7-22/h3-9,14-15,26,31H,10-13,16-18,30H2,1-2H3. The summed E-state index contributed by atoms with van der Waals surface area (Å²) in [4.78, 5) is 30.1. The number of piperidine rings is 1. The molecule has 2 unspecified atom stereocenters. The predicted octanol–water partition coefficient (Wildman–Crippen LogP) is 1.04. The number of likely N-dealkylation sites (N-methyl/N-ethyl adjacent to an activating group) is 1. The molecular weight excluding hydrogens is 616 g/mol. The van der Waals surface area contributed by atoms with E-state index >= 15 is 0 Å². The average Bonchev–Trinajstić information content (AvgIpc) is 3.49. The molecule has 4 heterocycles. The van der Waals surface area contributed by atoms with E-state index in [1.807, 2.05) is 4.90 Å². The number of Topliss-reactive ketones (excluding diaryl/α,β-unsaturated/α-hetero) is 1. The van der Waals surface area contributed by atoms with Crippen LogP contribution in [-0.4, -0.2) is 104 Å². The van der Waals surface area contributed by atoms with Gasteiger partial charge in [0.2, 0.25) is 5.91 Å². The zero-order valence-corrected chi connectivity index (χ0v) is 26.1. The van der Waals surface area contributed by atoms with Crippen molar-refractivity contribution in [2.75, 3.05) is 39.8 Å². The number of benzene rings is 2. The number of nitrogens with one attached hydrogen (secondary N) is 1. The highest BCUT2D eigenvalue weighted by molar-refractivity contribution is 7.92. The quantitative estimate of drug-likeness (QED) is 0.399. The smallest absolute Gasteiger partial charge is 0.269 e. The van der Waals surface area contributed by atoms with Crippen LogP contribution in [0.2, 0.25) is 5.02 Å². The third-order valence-electron chi connectivity index (χ3n) is 9.28. The second-order valence-corrected chi connectivity index (χ2v) is 15.6. The van der Waals surface area contributed by atoms with Crippen molar-refractivity contribution in [3.63, 3.8) is 0 Å². The number of piperazine rings is 1. The zero-order valence-electron chi connectivity index (χ0n) is 23.7. The molecule has 6 rings (SSSR count). The number of halogens is 1. The fraction of sp³-hybridized carbons (Fsp3) is 0.429. The van der Waals surface area contributed by atoms with Gasteiger partial charge in [0.25, 0.3) is 20.0 Å². The second kappa shape index (κ2) is 10.4. The minimum Gasteiger partial charge on any atom is -0.318 e. The van der Waals surface area contributed by atoms with E-state index in [2.05, 4.69) is 5.32 Å². The lowest BCUT2D eigenvalue weighted by Crippen LogP contribution is -2.76. The Labute approximate surface area is 255 Å². The molecule has 230 valence electrons. The van der Waals surface area contributed by atoms with E-state index in [1.165, 1.54) is 43.3 Å². The number of sulfonamides is 1. The Balaban J connectivity index is 1.53. The Kier molecular flexibility index (Phi) is 7.28. The Hall–Kier alpha value is -2.85. The van der Waals surface area contributed by atoms with E-state index in [0.717, 1.165) is 8.28 Å². The van der Waals surface area contributed by atoms with Crippen molar-refractivity contribution >= 4 is 54.2 Å². The van der Waals surface area contributed by atoms with Gasteiger partial charge >= 0.3 is 0 Å². The number of hydrogen-bond donors (Lipinski definition) is 2. The molecular formula is C28H33ClN6O6S2. The maximum Gasteiger partial charge on any atom is 0.269 e. The number of nitrogens with two attached hydrogens (primary N) is 1. The van der Waals surface area contributed by atoms with Crippen LogP contribution in [0.1, 0.15) is 19.8 Å². The van der Waals surface area contributed by atoms with Crippen molar-refractivity contribution in [2.45, 2.75) is 46.9 Å². The first-order valence-electron chi connectivity index (χ1n) is 13.9. The minimum atomic E-state index is -4.67. The predicted molar refractivity (Wildman–Crippen MR) is 160 cm³/mol. The van der Waals surface area contributed by atoms with Gasteiger partial charge in [-0.1, -0.05) is 29.8 Å². The van der Waals surface area contributed by atoms with Crippen LogP contribution in [0.15, 0.2) is 64.5 Å². The van der Waals surface area contributed by atoms with Crippen molar-refractivity contribution in [3.05, 3.63) is 59.6 Å². The Morgan fingerprint density at radius 2 is 1.67 bits per heavy atom. The van der Waals surface area contributed by atoms with Gasteiger partial charge in [0.1, 0.15) is 17.5 Å². The van der Waals surface area contributed by atoms with Crippen LogP contribution in [0, 0.1) is 0 Å². The van der Waals surface area contributed by atoms with Crippen LogP contribution in [-0.2, 0) is 29.6 Å². The molecule has 3 N–H and O–H groups in total. The summed E-state index contributed by atoms with van der Waals surface area (Å²) in [5.41, 5.74) is 4.71. The number of fused-ring (bicyclic) bond motifs is 2. The van der Waals surface area contributed by atoms with Crippen LogP contribution in [0.5, 0.6) is 0 Å². The molecule has 12 nitrogen and oxygen atoms in total. The third kappa shape index (κ3) is 4.45. The molecule has 1 amide bonds. The molecule has 1 spiro atoms. The van der Waals surface area contributed by atoms with Crippen molar-refractivity contribution in [3.8, 4) is 0 Å². The fourth-order valence-corrected chi connectivity index (χ4v) is 10.6. The van der Waals surface area contributed by atoms with Crippen molar-refractivity contribution in [2.24, 2.45) is 5.73 Å². The molecule has 3 fully saturated rings. The summed E-state index contributed by atoms with van der Waals surface area (Å²) in [5.74, 6) is -0.907. The molecule has 3 aliphatic rings. The van der Waals surface area contributed by atoms with E-state index in [0.29, 0.717) is 37.5 Å². The highest BCUT2D eigenvalue weighted by Crippen LogP contribution is 2.46. The summed E-state index contributed by atoms with van der Waals surface area (Å²) in [5, 5.41) is 3.35. The SMILES string of the molecule is CC(=O)C(N)C12CN(S(=O)(=O)c3cc4cc(Cl)ccc4n3S(=O)(=O)c3ccccc3)CC(=O)N1CC1(CCNCC1)N2C. The van der Waals surface area contributed by atoms with Gasteiger partial charge in [-0.2, -0.15) is 4.31 Å². The number of aromatic nitrogens is 1. The van der Waals surface area contributed by atoms with E-state index in [-0.39, 0.29) is 22.3 Å². The Morgan fingerprint density at radius 3 is 2.33 bits per heavy atom. The minimum absolute atomic E-state index is 0.110. The number of nitrogens with zero attached hydrogens (tertiary/aromatic N) is 4. The van der Waals surface area contributed by atoms with E-state index in [9.17, 15) is 26.4 Å². The Bertz CT molecular complexity index is 1840. The molecule has 0 saturated carbocycles. The summed E-state index contributed by atoms with van der Waals surface area (Å²) in [7, 11) is -7.30. The van der Waals surface area contributed by atoms with Crippen LogP contribution in [0.25, 0.3) is 10.9 Å². The van der Waals surface area contributed by atoms with E-state index in [4.69, 9.17) is 17.3 Å². The summed E-state index contributed by atoms with van der Waals surface area (Å²) >= 11 is 6.20. The van der Waals surface area contributed by atoms with Crippen molar-refractivity contribution in [1.82, 2.24) is 23.4 Å². The van der Waals surface area contributed by atoms with Gasteiger partial charge in [-0.25, -0.2) is 20.8 Å². The molecule has 15 heteroatoms. The molecule has 0 bridgehead atoms. The van der Waals surface area contributed by atoms with E-state index < -0.39 is 60.6 Å². The zero-order chi connectivity index (χ0) is 30.9. The van der Waals surface area contributed by atoms with Gasteiger partial charge in [0.15, 0.2) is 5.03 Å². The van der Waals surface area contributed by atoms with Crippen LogP contribution >= 0.6 is 11.6 Å². The summed E-state index contributed by atoms with van der Waals surface area (Å²) < 4.78 is 58.9. The molecule has 43 heavy (non-hydrogen) atoms. The molecule has 3 saturated heterocycles. The molecule has 3 aromatic rings. The van der Waals surface area contributed by atoms with Gasteiger partial charge in [-0.15, -0.1) is 0 Å². The van der Waals surface area contributed by atoms with Gasteiger partial charge in [0.05, 0.1) is 23.5 Å². The third-order valence-corrected chi connectivity index (χ3v) is 13.1. The van der Waals surface area contributed by atoms with Gasteiger partial charge < -0.3 is 16.0 Å². The van der Waals surface area contributed by atoms with Crippen LogP contribution < -0.4 is 11.1 Å². The molecule has 2 aromatic carbocycles. The first kappa shape index (κ1) is 30.2. The second-order valence-electron chi connectivity index (χ2n) is 11.5. The first-order valence-corrected chi connectivity index (χ1v) is 17.1. The number of ketones is 1. The lowest BCUT2D eigenvalue weighted by molar-refractivity contribution is -0.151. The van der Waals surface area contributed by atoms with Crippen LogP contribution in [0.3, 0.4) is 0 Å². The van der Waals surface area contributed by atoms with Crippen molar-refractivity contribution in [1.29, 1.82) is 0 Å². The average molecular weight is 649 g/mol. The van der Waals surface area contributed by atoms with Crippen molar-refractivity contribution < 1.29 is 26.4 Å². The summed E-state index contributed by atoms with van der Waals surface area (Å²) in [6.45, 7) is 2.16. The molecule has 0 radical (unpaired) electrons. The normalized spacial score (nSPS) is 24.0. The van der Waals surface area contributed by atoms with Crippen LogP contribution in [0.4, 0.5) is 0 Å². The van der Waals surface area contributed by atoms with Gasteiger partial charge in [0, 0.05) is 22.5 Å². The summed E-state index contributed by atoms with van der Waals surface area (Å²) in [6.07, 6.45) is 1.35. The number of carbonyl (C=O) groups excluding carboxylic acids is 2. The molecule has 2 atom stereocenters. The molecule has 0 aliphatic carbocycles. The topological polar surface area (TPSA) is 155 Å². The number of carbonyl (C=O) groups is 2. The maximum absolute atomic E-state index is 14.6. The molecule has 3 aliphatic heterocycles. The summed E-state index contributed by atoms with van der Waals surface area (Å²) in [6, 6.07) is 11.9. The van der Waals surface area contributed by atoms with Gasteiger partial charge in [-0.05, 0) is 76.3 Å².